The molecule has 3 fully saturated rings. The average molecular weight is 570 g/mol. The summed E-state index contributed by atoms with van der Waals surface area (Å²) in [5.74, 6) is 2.68. The zero-order chi connectivity index (χ0) is 22.3. The second-order valence-corrected chi connectivity index (χ2v) is 9.34. The van der Waals surface area contributed by atoms with Crippen LogP contribution in [0.4, 0.5) is 5.82 Å². The van der Waals surface area contributed by atoms with Gasteiger partial charge in [0.05, 0.1) is 0 Å². The lowest BCUT2D eigenvalue weighted by Crippen LogP contribution is -2.53. The fourth-order valence-corrected chi connectivity index (χ4v) is 4.78. The van der Waals surface area contributed by atoms with Gasteiger partial charge in [0.25, 0.3) is 0 Å². The molecule has 184 valence electrons. The van der Waals surface area contributed by atoms with Crippen LogP contribution < -0.4 is 15.5 Å². The number of hydrogen-bond donors (Lipinski definition) is 2. The third-order valence-corrected chi connectivity index (χ3v) is 7.12. The Kier molecular flexibility index (Phi) is 10.0. The van der Waals surface area contributed by atoms with Crippen molar-refractivity contribution in [3.63, 3.8) is 0 Å². The lowest BCUT2D eigenvalue weighted by Gasteiger charge is -2.38. The molecule has 0 spiro atoms. The van der Waals surface area contributed by atoms with Crippen LogP contribution in [0.5, 0.6) is 0 Å². The highest BCUT2D eigenvalue weighted by Gasteiger charge is 2.31. The number of aromatic nitrogens is 1. The van der Waals surface area contributed by atoms with Crippen LogP contribution in [0, 0.1) is 12.8 Å². The Morgan fingerprint density at radius 3 is 2.42 bits per heavy atom. The van der Waals surface area contributed by atoms with Crippen LogP contribution in [0.2, 0.25) is 0 Å². The maximum absolute atomic E-state index is 12.4. The number of aryl methyl sites for hydroxylation is 1. The summed E-state index contributed by atoms with van der Waals surface area (Å²) in [5, 5.41) is 7.07. The topological polar surface area (TPSA) is 76.1 Å². The Balaban J connectivity index is 0.00000306. The first-order valence-corrected chi connectivity index (χ1v) is 12.3. The molecule has 0 atom stereocenters. The Labute approximate surface area is 215 Å². The number of nitrogens with zero attached hydrogens (tertiary/aromatic N) is 5. The van der Waals surface area contributed by atoms with Gasteiger partial charge in [-0.25, -0.2) is 4.98 Å². The number of nitrogens with one attached hydrogen (secondary N) is 2. The summed E-state index contributed by atoms with van der Waals surface area (Å²) in [4.78, 5) is 28.4. The van der Waals surface area contributed by atoms with Crippen LogP contribution in [-0.4, -0.2) is 92.1 Å². The van der Waals surface area contributed by atoms with E-state index in [0.29, 0.717) is 17.9 Å². The maximum Gasteiger partial charge on any atom is 0.225 e. The summed E-state index contributed by atoms with van der Waals surface area (Å²) >= 11 is 0. The van der Waals surface area contributed by atoms with Gasteiger partial charge in [0, 0.05) is 77.1 Å². The van der Waals surface area contributed by atoms with Crippen LogP contribution in [0.15, 0.2) is 23.2 Å². The number of aliphatic imine (C=N–C) groups is 1. The highest BCUT2D eigenvalue weighted by molar-refractivity contribution is 14.0. The molecule has 3 heterocycles. The van der Waals surface area contributed by atoms with Crippen LogP contribution in [0.3, 0.4) is 0 Å². The van der Waals surface area contributed by atoms with Gasteiger partial charge in [0.2, 0.25) is 5.91 Å². The summed E-state index contributed by atoms with van der Waals surface area (Å²) in [6, 6.07) is 6.66. The first kappa shape index (κ1) is 26.0. The van der Waals surface area contributed by atoms with E-state index in [-0.39, 0.29) is 24.0 Å². The molecule has 2 aliphatic heterocycles. The zero-order valence-electron chi connectivity index (χ0n) is 20.1. The molecule has 0 bridgehead atoms. The lowest BCUT2D eigenvalue weighted by atomic mass is 9.84. The van der Waals surface area contributed by atoms with Crippen molar-refractivity contribution in [2.24, 2.45) is 10.9 Å². The van der Waals surface area contributed by atoms with Gasteiger partial charge in [-0.05, 0) is 44.7 Å². The molecule has 4 rings (SSSR count). The minimum Gasteiger partial charge on any atom is -0.356 e. The second kappa shape index (κ2) is 12.7. The van der Waals surface area contributed by atoms with Crippen LogP contribution >= 0.6 is 24.0 Å². The highest BCUT2D eigenvalue weighted by Crippen LogP contribution is 2.28. The standard InChI is InChI=1S/C24H39N7O.HI/c1-19-5-3-8-22(27-19)30-12-9-21(10-13-30)28-24(25-2)26-11-14-29-15-17-31(18-16-29)23(32)20-6-4-7-20;/h3,5,8,20-21H,4,6-7,9-18H2,1-2H3,(H2,25,26,28);1H. The molecule has 1 aromatic heterocycles. The molecule has 2 N–H and O–H groups in total. The number of halogens is 1. The number of piperidine rings is 1. The van der Waals surface area contributed by atoms with Gasteiger partial charge in [0.15, 0.2) is 5.96 Å². The van der Waals surface area contributed by atoms with Gasteiger partial charge >= 0.3 is 0 Å². The number of amides is 1. The predicted molar refractivity (Wildman–Crippen MR) is 144 cm³/mol. The van der Waals surface area contributed by atoms with E-state index in [1.165, 1.54) is 6.42 Å². The van der Waals surface area contributed by atoms with Crippen molar-refractivity contribution in [1.82, 2.24) is 25.4 Å². The van der Waals surface area contributed by atoms with Crippen molar-refractivity contribution in [3.8, 4) is 0 Å². The maximum atomic E-state index is 12.4. The molecule has 0 aromatic carbocycles. The van der Waals surface area contributed by atoms with Crippen molar-refractivity contribution in [2.45, 2.75) is 45.1 Å². The van der Waals surface area contributed by atoms with Gasteiger partial charge < -0.3 is 20.4 Å². The molecule has 0 radical (unpaired) electrons. The van der Waals surface area contributed by atoms with Gasteiger partial charge in [-0.2, -0.15) is 0 Å². The molecule has 8 nitrogen and oxygen atoms in total. The number of piperazine rings is 1. The largest absolute Gasteiger partial charge is 0.356 e. The predicted octanol–water partition coefficient (Wildman–Crippen LogP) is 2.09. The fourth-order valence-electron chi connectivity index (χ4n) is 4.78. The minimum absolute atomic E-state index is 0. The van der Waals surface area contributed by atoms with E-state index in [2.05, 4.69) is 47.4 Å². The molecular formula is C24H40IN7O. The Morgan fingerprint density at radius 2 is 1.82 bits per heavy atom. The Morgan fingerprint density at radius 1 is 1.09 bits per heavy atom. The van der Waals surface area contributed by atoms with Crippen molar-refractivity contribution in [3.05, 3.63) is 23.9 Å². The summed E-state index contributed by atoms with van der Waals surface area (Å²) in [6.07, 6.45) is 5.56. The van der Waals surface area contributed by atoms with E-state index in [1.807, 2.05) is 20.0 Å². The van der Waals surface area contributed by atoms with Gasteiger partial charge in [-0.3, -0.25) is 14.7 Å². The Bertz CT molecular complexity index is 785. The summed E-state index contributed by atoms with van der Waals surface area (Å²) < 4.78 is 0. The number of pyridine rings is 1. The number of anilines is 1. The van der Waals surface area contributed by atoms with Crippen LogP contribution in [0.25, 0.3) is 0 Å². The van der Waals surface area contributed by atoms with Gasteiger partial charge in [-0.15, -0.1) is 24.0 Å². The third-order valence-electron chi connectivity index (χ3n) is 7.12. The molecular weight excluding hydrogens is 529 g/mol. The first-order valence-electron chi connectivity index (χ1n) is 12.3. The van der Waals surface area contributed by atoms with Gasteiger partial charge in [-0.1, -0.05) is 12.5 Å². The zero-order valence-corrected chi connectivity index (χ0v) is 22.5. The molecule has 3 aliphatic rings. The highest BCUT2D eigenvalue weighted by atomic mass is 127. The Hall–Kier alpha value is -1.62. The third kappa shape index (κ3) is 7.18. The summed E-state index contributed by atoms with van der Waals surface area (Å²) in [7, 11) is 1.84. The second-order valence-electron chi connectivity index (χ2n) is 9.34. The molecule has 1 saturated carbocycles. The SMILES string of the molecule is CN=C(NCCN1CCN(C(=O)C2CCC2)CC1)NC1CCN(c2cccc(C)n2)CC1.I. The molecule has 2 saturated heterocycles. The molecule has 1 aromatic rings. The molecule has 33 heavy (non-hydrogen) atoms. The number of guanidine groups is 1. The smallest absolute Gasteiger partial charge is 0.225 e. The lowest BCUT2D eigenvalue weighted by molar-refractivity contribution is -0.139. The van der Waals surface area contributed by atoms with E-state index in [4.69, 9.17) is 0 Å². The van der Waals surface area contributed by atoms with Crippen LogP contribution in [-0.2, 0) is 4.79 Å². The van der Waals surface area contributed by atoms with Crippen molar-refractivity contribution in [2.75, 3.05) is 64.3 Å². The molecule has 1 amide bonds. The van der Waals surface area contributed by atoms with Crippen molar-refractivity contribution < 1.29 is 4.79 Å². The molecule has 0 unspecified atom stereocenters. The van der Waals surface area contributed by atoms with Crippen molar-refractivity contribution in [1.29, 1.82) is 0 Å². The number of carbonyl (C=O) groups is 1. The number of carbonyl (C=O) groups excluding carboxylic acids is 1. The minimum atomic E-state index is 0. The molecule has 9 heteroatoms. The van der Waals surface area contributed by atoms with Crippen LogP contribution in [0.1, 0.15) is 37.8 Å². The summed E-state index contributed by atoms with van der Waals surface area (Å²) in [6.45, 7) is 9.58. The van der Waals surface area contributed by atoms with E-state index in [1.54, 1.807) is 0 Å². The van der Waals surface area contributed by atoms with E-state index < -0.39 is 0 Å². The van der Waals surface area contributed by atoms with E-state index in [0.717, 1.165) is 95.5 Å². The summed E-state index contributed by atoms with van der Waals surface area (Å²) in [5.41, 5.74) is 1.07. The van der Waals surface area contributed by atoms with E-state index >= 15 is 0 Å². The van der Waals surface area contributed by atoms with Gasteiger partial charge in [0.1, 0.15) is 5.82 Å². The quantitative estimate of drug-likeness (QED) is 0.311. The number of hydrogen-bond acceptors (Lipinski definition) is 5. The fraction of sp³-hybridized carbons (Fsp3) is 0.708. The normalized spacial score (nSPS) is 20.7. The monoisotopic (exact) mass is 569 g/mol. The molecule has 1 aliphatic carbocycles. The number of rotatable bonds is 6. The van der Waals surface area contributed by atoms with E-state index in [9.17, 15) is 4.79 Å². The first-order chi connectivity index (χ1) is 15.6. The average Bonchev–Trinajstić information content (AvgIpc) is 2.78. The van der Waals surface area contributed by atoms with Crippen molar-refractivity contribution >= 4 is 41.7 Å².